The predicted octanol–water partition coefficient (Wildman–Crippen LogP) is 2.88. The van der Waals surface area contributed by atoms with Crippen LogP contribution in [0, 0.1) is 17.3 Å². The molecule has 6 heteroatoms. The Labute approximate surface area is 110 Å². The summed E-state index contributed by atoms with van der Waals surface area (Å²) in [5.74, 6) is -0.548. The molecule has 0 atom stereocenters. The predicted molar refractivity (Wildman–Crippen MR) is 70.9 cm³/mol. The van der Waals surface area contributed by atoms with Crippen LogP contribution in [0.2, 0.25) is 5.02 Å². The third-order valence-corrected chi connectivity index (χ3v) is 2.10. The van der Waals surface area contributed by atoms with E-state index in [0.717, 1.165) is 11.0 Å². The summed E-state index contributed by atoms with van der Waals surface area (Å²) in [5.41, 5.74) is 5.54. The summed E-state index contributed by atoms with van der Waals surface area (Å²) in [5, 5.41) is 9.27. The maximum atomic E-state index is 13.2. The van der Waals surface area contributed by atoms with Crippen LogP contribution < -0.4 is 10.6 Å². The zero-order valence-corrected chi connectivity index (χ0v) is 11.2. The van der Waals surface area contributed by atoms with Gasteiger partial charge in [0.25, 0.3) is 0 Å². The van der Waals surface area contributed by atoms with Gasteiger partial charge in [0, 0.05) is 5.02 Å². The maximum absolute atomic E-state index is 13.2. The molecule has 18 heavy (non-hydrogen) atoms. The molecule has 1 aromatic carbocycles. The van der Waals surface area contributed by atoms with E-state index in [1.807, 2.05) is 27.0 Å². The Morgan fingerprint density at radius 2 is 2.06 bits per heavy atom. The lowest BCUT2D eigenvalue weighted by Gasteiger charge is -2.19. The van der Waals surface area contributed by atoms with Crippen molar-refractivity contribution in [3.8, 4) is 6.19 Å². The highest BCUT2D eigenvalue weighted by atomic mass is 35.5. The molecule has 0 heterocycles. The van der Waals surface area contributed by atoms with Crippen molar-refractivity contribution in [2.24, 2.45) is 10.7 Å². The van der Waals surface area contributed by atoms with Crippen molar-refractivity contribution in [1.29, 1.82) is 5.26 Å². The summed E-state index contributed by atoms with van der Waals surface area (Å²) in [6.07, 6.45) is 1.85. The first kappa shape index (κ1) is 14.3. The van der Waals surface area contributed by atoms with Crippen molar-refractivity contribution in [2.45, 2.75) is 26.3 Å². The fraction of sp³-hybridized carbons (Fsp3) is 0.333. The van der Waals surface area contributed by atoms with E-state index < -0.39 is 11.4 Å². The van der Waals surface area contributed by atoms with Gasteiger partial charge < -0.3 is 5.73 Å². The number of hydrogen-bond donors (Lipinski definition) is 1. The normalized spacial score (nSPS) is 12.1. The van der Waals surface area contributed by atoms with Crippen molar-refractivity contribution >= 4 is 23.2 Å². The van der Waals surface area contributed by atoms with E-state index in [2.05, 4.69) is 4.99 Å². The molecule has 0 amide bonds. The van der Waals surface area contributed by atoms with Crippen molar-refractivity contribution in [2.75, 3.05) is 4.90 Å². The van der Waals surface area contributed by atoms with E-state index in [9.17, 15) is 4.39 Å². The summed E-state index contributed by atoms with van der Waals surface area (Å²) >= 11 is 5.73. The Morgan fingerprint density at radius 1 is 1.44 bits per heavy atom. The molecular weight excluding hydrogens is 255 g/mol. The summed E-state index contributed by atoms with van der Waals surface area (Å²) in [4.78, 5) is 5.18. The highest BCUT2D eigenvalue weighted by molar-refractivity contribution is 6.31. The SMILES string of the molecule is CC(C)(C)N=C(N)N(C#N)c1cc(F)cc(Cl)c1. The minimum Gasteiger partial charge on any atom is -0.369 e. The second-order valence-corrected chi connectivity index (χ2v) is 5.14. The summed E-state index contributed by atoms with van der Waals surface area (Å²) in [6.45, 7) is 5.52. The third kappa shape index (κ3) is 3.90. The minimum atomic E-state index is -0.540. The Hall–Kier alpha value is -1.80. The molecule has 1 aromatic rings. The zero-order valence-electron chi connectivity index (χ0n) is 10.4. The monoisotopic (exact) mass is 268 g/mol. The quantitative estimate of drug-likeness (QED) is 0.369. The second kappa shape index (κ2) is 5.23. The molecule has 96 valence electrons. The molecule has 1 rings (SSSR count). The van der Waals surface area contributed by atoms with Gasteiger partial charge in [-0.25, -0.2) is 14.3 Å². The van der Waals surface area contributed by atoms with E-state index in [1.54, 1.807) is 0 Å². The number of halogens is 2. The minimum absolute atomic E-state index is 0.00772. The number of hydrogen-bond acceptors (Lipinski definition) is 2. The average molecular weight is 269 g/mol. The highest BCUT2D eigenvalue weighted by Crippen LogP contribution is 2.22. The van der Waals surface area contributed by atoms with Gasteiger partial charge in [0.05, 0.1) is 11.2 Å². The van der Waals surface area contributed by atoms with E-state index in [-0.39, 0.29) is 16.7 Å². The number of nitrogens with zero attached hydrogens (tertiary/aromatic N) is 3. The lowest BCUT2D eigenvalue weighted by molar-refractivity contribution is 0.581. The van der Waals surface area contributed by atoms with E-state index >= 15 is 0 Å². The molecule has 0 aromatic heterocycles. The lowest BCUT2D eigenvalue weighted by atomic mass is 10.1. The molecular formula is C12H14ClFN4. The van der Waals surface area contributed by atoms with Crippen LogP contribution in [0.1, 0.15) is 20.8 Å². The summed E-state index contributed by atoms with van der Waals surface area (Å²) < 4.78 is 13.2. The molecule has 4 nitrogen and oxygen atoms in total. The van der Waals surface area contributed by atoms with Gasteiger partial charge in [0.2, 0.25) is 5.96 Å². The van der Waals surface area contributed by atoms with Crippen molar-refractivity contribution in [3.63, 3.8) is 0 Å². The maximum Gasteiger partial charge on any atom is 0.210 e. The van der Waals surface area contributed by atoms with Crippen molar-refractivity contribution in [3.05, 3.63) is 29.0 Å². The van der Waals surface area contributed by atoms with Gasteiger partial charge in [-0.1, -0.05) is 11.6 Å². The average Bonchev–Trinajstić information content (AvgIpc) is 2.13. The molecule has 0 bridgehead atoms. The molecule has 0 radical (unpaired) electrons. The molecule has 2 N–H and O–H groups in total. The van der Waals surface area contributed by atoms with Crippen LogP contribution in [0.3, 0.4) is 0 Å². The summed E-state index contributed by atoms with van der Waals surface area (Å²) in [7, 11) is 0. The fourth-order valence-corrected chi connectivity index (χ4v) is 1.52. The number of aliphatic imine (C=N–C) groups is 1. The number of guanidine groups is 1. The molecule has 0 saturated carbocycles. The largest absolute Gasteiger partial charge is 0.369 e. The first-order valence-corrected chi connectivity index (χ1v) is 5.62. The smallest absolute Gasteiger partial charge is 0.210 e. The number of rotatable bonds is 1. The number of nitriles is 1. The van der Waals surface area contributed by atoms with Crippen LogP contribution in [-0.4, -0.2) is 11.5 Å². The van der Waals surface area contributed by atoms with Gasteiger partial charge >= 0.3 is 0 Å². The first-order valence-electron chi connectivity index (χ1n) is 5.24. The molecule has 0 aliphatic heterocycles. The molecule has 0 aliphatic rings. The first-order chi connectivity index (χ1) is 8.23. The van der Waals surface area contributed by atoms with Gasteiger partial charge in [0.15, 0.2) is 6.19 Å². The van der Waals surface area contributed by atoms with Gasteiger partial charge in [-0.15, -0.1) is 0 Å². The van der Waals surface area contributed by atoms with Gasteiger partial charge in [0.1, 0.15) is 5.82 Å². The standard InChI is InChI=1S/C12H14ClFN4/c1-12(2,3)17-11(16)18(7-15)10-5-8(13)4-9(14)6-10/h4-6H,1-3H3,(H2,16,17). The highest BCUT2D eigenvalue weighted by Gasteiger charge is 2.16. The van der Waals surface area contributed by atoms with Crippen LogP contribution in [0.25, 0.3) is 0 Å². The zero-order chi connectivity index (χ0) is 13.9. The Morgan fingerprint density at radius 3 is 2.50 bits per heavy atom. The molecule has 0 saturated heterocycles. The van der Waals surface area contributed by atoms with Crippen LogP contribution >= 0.6 is 11.6 Å². The number of anilines is 1. The molecule has 0 spiro atoms. The van der Waals surface area contributed by atoms with E-state index in [0.29, 0.717) is 0 Å². The van der Waals surface area contributed by atoms with Crippen molar-refractivity contribution in [1.82, 2.24) is 0 Å². The molecule has 0 unspecified atom stereocenters. The van der Waals surface area contributed by atoms with Gasteiger partial charge in [-0.2, -0.15) is 5.26 Å². The lowest BCUT2D eigenvalue weighted by Crippen LogP contribution is -2.36. The van der Waals surface area contributed by atoms with Crippen molar-refractivity contribution < 1.29 is 4.39 Å². The van der Waals surface area contributed by atoms with E-state index in [4.69, 9.17) is 22.6 Å². The second-order valence-electron chi connectivity index (χ2n) is 4.70. The Bertz CT molecular complexity index is 494. The fourth-order valence-electron chi connectivity index (χ4n) is 1.30. The van der Waals surface area contributed by atoms with Gasteiger partial charge in [-0.05, 0) is 39.0 Å². The Kier molecular flexibility index (Phi) is 4.15. The Balaban J connectivity index is 3.19. The number of benzene rings is 1. The topological polar surface area (TPSA) is 65.4 Å². The number of nitrogens with two attached hydrogens (primary N) is 1. The van der Waals surface area contributed by atoms with Crippen LogP contribution in [0.15, 0.2) is 23.2 Å². The summed E-state index contributed by atoms with van der Waals surface area (Å²) in [6, 6.07) is 3.76. The molecule has 0 fully saturated rings. The van der Waals surface area contributed by atoms with Crippen LogP contribution in [-0.2, 0) is 0 Å². The van der Waals surface area contributed by atoms with E-state index in [1.165, 1.54) is 12.1 Å². The van der Waals surface area contributed by atoms with Crippen LogP contribution in [0.5, 0.6) is 0 Å². The van der Waals surface area contributed by atoms with Crippen LogP contribution in [0.4, 0.5) is 10.1 Å². The molecule has 0 aliphatic carbocycles. The van der Waals surface area contributed by atoms with Gasteiger partial charge in [-0.3, -0.25) is 0 Å². The third-order valence-electron chi connectivity index (χ3n) is 1.88.